The lowest BCUT2D eigenvalue weighted by molar-refractivity contribution is -0.119. The number of aryl methyl sites for hydroxylation is 1. The van der Waals surface area contributed by atoms with E-state index in [4.69, 9.17) is 0 Å². The molecule has 0 radical (unpaired) electrons. The smallest absolute Gasteiger partial charge is 0.254 e. The van der Waals surface area contributed by atoms with E-state index in [2.05, 4.69) is 34.5 Å². The second-order valence-corrected chi connectivity index (χ2v) is 8.89. The van der Waals surface area contributed by atoms with Crippen molar-refractivity contribution < 1.29 is 11.0 Å². The summed E-state index contributed by atoms with van der Waals surface area (Å²) in [5, 5.41) is 2.93. The minimum atomic E-state index is -0.597. The Kier molecular flexibility index (Phi) is 3.87. The Hall–Kier alpha value is -2.62. The highest BCUT2D eigenvalue weighted by Crippen LogP contribution is 2.42. The van der Waals surface area contributed by atoms with E-state index >= 15 is 0 Å². The van der Waals surface area contributed by atoms with Crippen LogP contribution in [0.1, 0.15) is 67.5 Å². The average molecular weight is 377 g/mol. The molecule has 2 atom stereocenters. The maximum Gasteiger partial charge on any atom is 0.254 e. The van der Waals surface area contributed by atoms with Gasteiger partial charge in [-0.15, -0.1) is 0 Å². The second-order valence-electron chi connectivity index (χ2n) is 8.89. The van der Waals surface area contributed by atoms with Crippen molar-refractivity contribution in [3.63, 3.8) is 0 Å². The first-order chi connectivity index (χ1) is 13.5. The predicted molar refractivity (Wildman–Crippen MR) is 112 cm³/mol. The molecule has 1 aliphatic carbocycles. The Morgan fingerprint density at radius 1 is 1.18 bits per heavy atom. The minimum absolute atomic E-state index is 0. The van der Waals surface area contributed by atoms with E-state index in [1.165, 1.54) is 11.1 Å². The summed E-state index contributed by atoms with van der Waals surface area (Å²) in [6.45, 7) is 4.65. The summed E-state index contributed by atoms with van der Waals surface area (Å²) < 4.78 is 0. The average Bonchev–Trinajstić information content (AvgIpc) is 2.95. The number of nitrogens with zero attached hydrogens (tertiary/aromatic N) is 1. The molecule has 0 saturated carbocycles. The van der Waals surface area contributed by atoms with Crippen LogP contribution in [0.15, 0.2) is 42.5 Å². The van der Waals surface area contributed by atoms with Gasteiger partial charge in [-0.25, -0.2) is 0 Å². The van der Waals surface area contributed by atoms with Crippen LogP contribution >= 0.6 is 0 Å². The van der Waals surface area contributed by atoms with Crippen molar-refractivity contribution >= 4 is 17.5 Å². The number of carbonyl (C=O) groups is 2. The zero-order valence-electron chi connectivity index (χ0n) is 16.5. The number of likely N-dealkylation sites (tertiary alicyclic amines) is 1. The number of hydrogen-bond acceptors (Lipinski definition) is 2. The van der Waals surface area contributed by atoms with Crippen LogP contribution in [0.2, 0.25) is 0 Å². The number of nitrogens with one attached hydrogen (secondary N) is 1. The van der Waals surface area contributed by atoms with E-state index in [0.717, 1.165) is 43.5 Å². The molecule has 4 heteroatoms. The van der Waals surface area contributed by atoms with Gasteiger partial charge in [0.05, 0.1) is 5.41 Å². The molecule has 0 spiro atoms. The zero-order chi connectivity index (χ0) is 19.5. The Morgan fingerprint density at radius 2 is 2.00 bits per heavy atom. The van der Waals surface area contributed by atoms with E-state index in [-0.39, 0.29) is 19.3 Å². The second kappa shape index (κ2) is 6.20. The van der Waals surface area contributed by atoms with Gasteiger partial charge in [-0.2, -0.15) is 0 Å². The number of carbonyl (C=O) groups excluding carboxylic acids is 2. The molecular formula is C24H28N2O2. The molecule has 2 aromatic carbocycles. The van der Waals surface area contributed by atoms with Crippen molar-refractivity contribution in [3.05, 3.63) is 64.7 Å². The zero-order valence-corrected chi connectivity index (χ0v) is 16.5. The first kappa shape index (κ1) is 17.5. The minimum Gasteiger partial charge on any atom is -0.335 e. The topological polar surface area (TPSA) is 49.4 Å². The molecular weight excluding hydrogens is 348 g/mol. The Balaban J connectivity index is 0.00000205. The van der Waals surface area contributed by atoms with Crippen LogP contribution in [0.5, 0.6) is 0 Å². The van der Waals surface area contributed by atoms with Gasteiger partial charge in [0.2, 0.25) is 5.91 Å². The molecule has 2 unspecified atom stereocenters. The molecule has 2 amide bonds. The summed E-state index contributed by atoms with van der Waals surface area (Å²) in [7, 11) is 0. The van der Waals surface area contributed by atoms with Crippen LogP contribution in [0.4, 0.5) is 5.69 Å². The highest BCUT2D eigenvalue weighted by Gasteiger charge is 2.41. The third kappa shape index (κ3) is 2.50. The highest BCUT2D eigenvalue weighted by molar-refractivity contribution is 6.07. The summed E-state index contributed by atoms with van der Waals surface area (Å²) in [6.07, 6.45) is 4.26. The SMILES string of the molecule is CC1(C)C(=O)Nc2ccc(C(=O)N3CCCC4c5ccccc5CCC43)cc21.[HH]. The van der Waals surface area contributed by atoms with Crippen molar-refractivity contribution in [3.8, 4) is 0 Å². The molecule has 0 bridgehead atoms. The Labute approximate surface area is 167 Å². The van der Waals surface area contributed by atoms with Crippen LogP contribution in [-0.4, -0.2) is 29.3 Å². The van der Waals surface area contributed by atoms with Gasteiger partial charge in [0, 0.05) is 31.2 Å². The van der Waals surface area contributed by atoms with Crippen LogP contribution in [0.25, 0.3) is 0 Å². The fourth-order valence-corrected chi connectivity index (χ4v) is 5.33. The summed E-state index contributed by atoms with van der Waals surface area (Å²) in [6, 6.07) is 14.7. The first-order valence-corrected chi connectivity index (χ1v) is 10.3. The van der Waals surface area contributed by atoms with Crippen LogP contribution < -0.4 is 5.32 Å². The molecule has 5 rings (SSSR count). The van der Waals surface area contributed by atoms with Crippen LogP contribution in [0.3, 0.4) is 0 Å². The molecule has 2 heterocycles. The maximum atomic E-state index is 13.5. The fourth-order valence-electron chi connectivity index (χ4n) is 5.33. The monoisotopic (exact) mass is 376 g/mol. The van der Waals surface area contributed by atoms with E-state index in [9.17, 15) is 9.59 Å². The van der Waals surface area contributed by atoms with Crippen molar-refractivity contribution in [1.29, 1.82) is 0 Å². The molecule has 28 heavy (non-hydrogen) atoms. The first-order valence-electron chi connectivity index (χ1n) is 10.3. The highest BCUT2D eigenvalue weighted by atomic mass is 16.2. The number of anilines is 1. The molecule has 4 nitrogen and oxygen atoms in total. The standard InChI is InChI=1S/C24H26N2O2.H2/c1-24(2)19-14-16(9-11-20(19)25-23(24)28)22(27)26-13-5-8-18-17-7-4-3-6-15(17)10-12-21(18)26;/h3-4,6-7,9,11,14,18,21H,5,8,10,12-13H2,1-2H3,(H,25,28);1H. The number of rotatable bonds is 1. The van der Waals surface area contributed by atoms with Gasteiger partial charge in [0.1, 0.15) is 0 Å². The molecule has 2 aromatic rings. The molecule has 146 valence electrons. The van der Waals surface area contributed by atoms with E-state index in [1.54, 1.807) is 0 Å². The van der Waals surface area contributed by atoms with E-state index in [1.807, 2.05) is 32.0 Å². The van der Waals surface area contributed by atoms with Gasteiger partial charge >= 0.3 is 0 Å². The van der Waals surface area contributed by atoms with Gasteiger partial charge in [-0.1, -0.05) is 24.3 Å². The van der Waals surface area contributed by atoms with Gasteiger partial charge in [0.25, 0.3) is 5.91 Å². The largest absolute Gasteiger partial charge is 0.335 e. The van der Waals surface area contributed by atoms with Crippen LogP contribution in [-0.2, 0) is 16.6 Å². The quantitative estimate of drug-likeness (QED) is 0.797. The summed E-state index contributed by atoms with van der Waals surface area (Å²) >= 11 is 0. The number of hydrogen-bond donors (Lipinski definition) is 1. The normalized spacial score (nSPS) is 24.8. The summed E-state index contributed by atoms with van der Waals surface area (Å²) in [5.74, 6) is 0.540. The predicted octanol–water partition coefficient (Wildman–Crippen LogP) is 4.50. The maximum absolute atomic E-state index is 13.5. The van der Waals surface area contributed by atoms with Crippen molar-refractivity contribution in [2.24, 2.45) is 0 Å². The lowest BCUT2D eigenvalue weighted by Gasteiger charge is -2.45. The molecule has 0 aromatic heterocycles. The molecule has 3 aliphatic rings. The Bertz CT molecular complexity index is 985. The molecule has 1 N–H and O–H groups in total. The molecule has 1 saturated heterocycles. The third-order valence-corrected chi connectivity index (χ3v) is 6.96. The molecule has 1 fully saturated rings. The van der Waals surface area contributed by atoms with E-state index < -0.39 is 5.41 Å². The lowest BCUT2D eigenvalue weighted by Crippen LogP contribution is -2.49. The van der Waals surface area contributed by atoms with Gasteiger partial charge in [-0.3, -0.25) is 9.59 Å². The van der Waals surface area contributed by atoms with Crippen molar-refractivity contribution in [1.82, 2.24) is 4.90 Å². The summed E-state index contributed by atoms with van der Waals surface area (Å²) in [4.78, 5) is 27.8. The van der Waals surface area contributed by atoms with E-state index in [0.29, 0.717) is 11.5 Å². The summed E-state index contributed by atoms with van der Waals surface area (Å²) in [5.41, 5.74) is 4.73. The van der Waals surface area contributed by atoms with Gasteiger partial charge in [0.15, 0.2) is 0 Å². The fraction of sp³-hybridized carbons (Fsp3) is 0.417. The number of piperidine rings is 1. The Morgan fingerprint density at radius 3 is 2.86 bits per heavy atom. The van der Waals surface area contributed by atoms with Crippen molar-refractivity contribution in [2.45, 2.75) is 56.9 Å². The van der Waals surface area contributed by atoms with Gasteiger partial charge in [-0.05, 0) is 74.4 Å². The third-order valence-electron chi connectivity index (χ3n) is 6.96. The van der Waals surface area contributed by atoms with Crippen LogP contribution in [0, 0.1) is 0 Å². The van der Waals surface area contributed by atoms with Crippen molar-refractivity contribution in [2.75, 3.05) is 11.9 Å². The molecule has 2 aliphatic heterocycles. The number of fused-ring (bicyclic) bond motifs is 4. The number of benzene rings is 2. The lowest BCUT2D eigenvalue weighted by atomic mass is 9.74. The number of amides is 2. The van der Waals surface area contributed by atoms with Gasteiger partial charge < -0.3 is 10.2 Å².